The summed E-state index contributed by atoms with van der Waals surface area (Å²) in [6.07, 6.45) is 4.35. The Morgan fingerprint density at radius 2 is 2.43 bits per heavy atom. The topological polar surface area (TPSA) is 71.2 Å². The van der Waals surface area contributed by atoms with Gasteiger partial charge in [0.1, 0.15) is 0 Å². The van der Waals surface area contributed by atoms with Crippen LogP contribution in [0.5, 0.6) is 0 Å². The number of aromatic nitrogens is 1. The fourth-order valence-electron chi connectivity index (χ4n) is 2.49. The van der Waals surface area contributed by atoms with E-state index in [4.69, 9.17) is 5.73 Å². The number of carbonyl (C=O) groups is 1. The molecule has 3 N–H and O–H groups in total. The first kappa shape index (κ1) is 15.5. The Balaban J connectivity index is 1.88. The van der Waals surface area contributed by atoms with Crippen molar-refractivity contribution < 1.29 is 4.79 Å². The molecule has 1 aliphatic rings. The molecule has 2 rings (SSSR count). The normalized spacial score (nSPS) is 18.1. The first-order valence-corrected chi connectivity index (χ1v) is 7.37. The second-order valence-electron chi connectivity index (χ2n) is 5.23. The standard InChI is InChI=1S/C16H22N4O/c1-2-20-7-5-14(12-20)10-19-16(21)15-8-13(4-3-6-17)9-18-11-15/h8-9,11,14H,2,5-7,10,12,17H2,1H3,(H,19,21). The number of likely N-dealkylation sites (tertiary alicyclic amines) is 1. The van der Waals surface area contributed by atoms with Crippen LogP contribution in [0.4, 0.5) is 0 Å². The number of nitrogens with one attached hydrogen (secondary N) is 1. The second-order valence-corrected chi connectivity index (χ2v) is 5.23. The summed E-state index contributed by atoms with van der Waals surface area (Å²) in [6.45, 7) is 6.45. The third kappa shape index (κ3) is 4.55. The van der Waals surface area contributed by atoms with Gasteiger partial charge in [0.05, 0.1) is 12.1 Å². The number of pyridine rings is 1. The number of hydrogen-bond donors (Lipinski definition) is 2. The van der Waals surface area contributed by atoms with E-state index in [1.54, 1.807) is 18.5 Å². The minimum atomic E-state index is -0.0890. The highest BCUT2D eigenvalue weighted by Crippen LogP contribution is 2.14. The Kier molecular flexibility index (Phi) is 5.73. The molecule has 1 aliphatic heterocycles. The van der Waals surface area contributed by atoms with Crippen molar-refractivity contribution >= 4 is 5.91 Å². The maximum Gasteiger partial charge on any atom is 0.252 e. The summed E-state index contributed by atoms with van der Waals surface area (Å²) in [5, 5.41) is 2.99. The molecule has 1 atom stereocenters. The fraction of sp³-hybridized carbons (Fsp3) is 0.500. The van der Waals surface area contributed by atoms with Crippen molar-refractivity contribution in [2.24, 2.45) is 11.7 Å². The highest BCUT2D eigenvalue weighted by atomic mass is 16.1. The molecule has 1 aromatic heterocycles. The van der Waals surface area contributed by atoms with Crippen LogP contribution in [0.25, 0.3) is 0 Å². The number of rotatable bonds is 4. The molecule has 5 heteroatoms. The van der Waals surface area contributed by atoms with Crippen LogP contribution < -0.4 is 11.1 Å². The largest absolute Gasteiger partial charge is 0.352 e. The van der Waals surface area contributed by atoms with Gasteiger partial charge >= 0.3 is 0 Å². The molecular weight excluding hydrogens is 264 g/mol. The minimum Gasteiger partial charge on any atom is -0.352 e. The van der Waals surface area contributed by atoms with E-state index in [9.17, 15) is 4.79 Å². The number of nitrogens with two attached hydrogens (primary N) is 1. The third-order valence-corrected chi connectivity index (χ3v) is 3.70. The van der Waals surface area contributed by atoms with Crippen LogP contribution in [-0.4, -0.2) is 48.5 Å². The quantitative estimate of drug-likeness (QED) is 0.789. The zero-order valence-electron chi connectivity index (χ0n) is 12.4. The number of amides is 1. The average Bonchev–Trinajstić information content (AvgIpc) is 2.99. The van der Waals surface area contributed by atoms with Crippen LogP contribution in [0, 0.1) is 17.8 Å². The molecular formula is C16H22N4O. The first-order valence-electron chi connectivity index (χ1n) is 7.37. The van der Waals surface area contributed by atoms with Crippen molar-refractivity contribution in [3.05, 3.63) is 29.6 Å². The molecule has 0 aliphatic carbocycles. The molecule has 2 heterocycles. The van der Waals surface area contributed by atoms with Gasteiger partial charge in [0.25, 0.3) is 5.91 Å². The van der Waals surface area contributed by atoms with Gasteiger partial charge in [-0.2, -0.15) is 0 Å². The highest BCUT2D eigenvalue weighted by Gasteiger charge is 2.21. The summed E-state index contributed by atoms with van der Waals surface area (Å²) in [5.41, 5.74) is 6.60. The molecule has 1 unspecified atom stereocenters. The molecule has 1 aromatic rings. The zero-order chi connectivity index (χ0) is 15.1. The Labute approximate surface area is 125 Å². The molecule has 1 amide bonds. The molecule has 0 radical (unpaired) electrons. The molecule has 0 spiro atoms. The maximum atomic E-state index is 12.1. The summed E-state index contributed by atoms with van der Waals surface area (Å²) < 4.78 is 0. The van der Waals surface area contributed by atoms with E-state index in [0.717, 1.165) is 26.1 Å². The first-order chi connectivity index (χ1) is 10.2. The van der Waals surface area contributed by atoms with E-state index in [-0.39, 0.29) is 5.91 Å². The van der Waals surface area contributed by atoms with Gasteiger partial charge in [-0.3, -0.25) is 9.78 Å². The van der Waals surface area contributed by atoms with Crippen molar-refractivity contribution in [3.63, 3.8) is 0 Å². The average molecular weight is 286 g/mol. The SMILES string of the molecule is CCN1CCC(CNC(=O)c2cncc(C#CCN)c2)C1. The maximum absolute atomic E-state index is 12.1. The molecule has 0 bridgehead atoms. The second kappa shape index (κ2) is 7.77. The number of nitrogens with zero attached hydrogens (tertiary/aromatic N) is 2. The molecule has 0 saturated carbocycles. The van der Waals surface area contributed by atoms with Gasteiger partial charge in [-0.05, 0) is 31.5 Å². The lowest BCUT2D eigenvalue weighted by atomic mass is 10.1. The fourth-order valence-corrected chi connectivity index (χ4v) is 2.49. The summed E-state index contributed by atoms with van der Waals surface area (Å²) in [5.74, 6) is 6.10. The van der Waals surface area contributed by atoms with E-state index >= 15 is 0 Å². The van der Waals surface area contributed by atoms with Gasteiger partial charge in [-0.15, -0.1) is 0 Å². The van der Waals surface area contributed by atoms with Gasteiger partial charge in [0.2, 0.25) is 0 Å². The van der Waals surface area contributed by atoms with Gasteiger partial charge in [0.15, 0.2) is 0 Å². The van der Waals surface area contributed by atoms with E-state index in [2.05, 4.69) is 34.0 Å². The highest BCUT2D eigenvalue weighted by molar-refractivity contribution is 5.94. The predicted molar refractivity (Wildman–Crippen MR) is 82.7 cm³/mol. The van der Waals surface area contributed by atoms with Gasteiger partial charge < -0.3 is 16.0 Å². The van der Waals surface area contributed by atoms with E-state index in [1.807, 2.05) is 0 Å². The van der Waals surface area contributed by atoms with Crippen molar-refractivity contribution in [2.75, 3.05) is 32.7 Å². The molecule has 5 nitrogen and oxygen atoms in total. The van der Waals surface area contributed by atoms with E-state index in [1.165, 1.54) is 0 Å². The molecule has 0 aromatic carbocycles. The molecule has 1 saturated heterocycles. The van der Waals surface area contributed by atoms with Crippen LogP contribution in [-0.2, 0) is 0 Å². The Morgan fingerprint density at radius 1 is 1.57 bits per heavy atom. The van der Waals surface area contributed by atoms with Gasteiger partial charge in [-0.25, -0.2) is 0 Å². The number of hydrogen-bond acceptors (Lipinski definition) is 4. The Bertz CT molecular complexity index is 547. The van der Waals surface area contributed by atoms with Crippen LogP contribution in [0.15, 0.2) is 18.5 Å². The summed E-state index contributed by atoms with van der Waals surface area (Å²) in [7, 11) is 0. The van der Waals surface area contributed by atoms with Gasteiger partial charge in [0, 0.05) is 31.0 Å². The van der Waals surface area contributed by atoms with Crippen LogP contribution in [0.2, 0.25) is 0 Å². The van der Waals surface area contributed by atoms with Crippen LogP contribution in [0.1, 0.15) is 29.3 Å². The number of carbonyl (C=O) groups excluding carboxylic acids is 1. The Morgan fingerprint density at radius 3 is 3.14 bits per heavy atom. The van der Waals surface area contributed by atoms with E-state index < -0.39 is 0 Å². The van der Waals surface area contributed by atoms with Crippen LogP contribution >= 0.6 is 0 Å². The molecule has 1 fully saturated rings. The van der Waals surface area contributed by atoms with Gasteiger partial charge in [-0.1, -0.05) is 18.8 Å². The Hall–Kier alpha value is -1.90. The predicted octanol–water partition coefficient (Wildman–Crippen LogP) is 0.463. The van der Waals surface area contributed by atoms with Crippen molar-refractivity contribution in [1.82, 2.24) is 15.2 Å². The summed E-state index contributed by atoms with van der Waals surface area (Å²) in [6, 6.07) is 1.75. The van der Waals surface area contributed by atoms with Crippen LogP contribution in [0.3, 0.4) is 0 Å². The zero-order valence-corrected chi connectivity index (χ0v) is 12.4. The molecule has 21 heavy (non-hydrogen) atoms. The van der Waals surface area contributed by atoms with Crippen molar-refractivity contribution in [2.45, 2.75) is 13.3 Å². The van der Waals surface area contributed by atoms with E-state index in [0.29, 0.717) is 30.1 Å². The van der Waals surface area contributed by atoms with Crippen molar-refractivity contribution in [1.29, 1.82) is 0 Å². The lowest BCUT2D eigenvalue weighted by molar-refractivity contribution is 0.0947. The third-order valence-electron chi connectivity index (χ3n) is 3.70. The monoisotopic (exact) mass is 286 g/mol. The summed E-state index contributed by atoms with van der Waals surface area (Å²) >= 11 is 0. The lowest BCUT2D eigenvalue weighted by Gasteiger charge is -2.13. The van der Waals surface area contributed by atoms with Crippen molar-refractivity contribution in [3.8, 4) is 11.8 Å². The molecule has 112 valence electrons. The minimum absolute atomic E-state index is 0.0890. The summed E-state index contributed by atoms with van der Waals surface area (Å²) in [4.78, 5) is 18.6. The smallest absolute Gasteiger partial charge is 0.252 e. The lowest BCUT2D eigenvalue weighted by Crippen LogP contribution is -2.31.